The molecule has 1 aromatic carbocycles. The molecule has 2 aliphatic heterocycles. The zero-order valence-electron chi connectivity index (χ0n) is 16.2. The molecule has 6 heteroatoms. The highest BCUT2D eigenvalue weighted by molar-refractivity contribution is 5.94. The first-order valence-electron chi connectivity index (χ1n) is 10.1. The number of urea groups is 1. The lowest BCUT2D eigenvalue weighted by Gasteiger charge is -2.35. The summed E-state index contributed by atoms with van der Waals surface area (Å²) in [6, 6.07) is 8.04. The van der Waals surface area contributed by atoms with Crippen LogP contribution in [0.25, 0.3) is 0 Å². The summed E-state index contributed by atoms with van der Waals surface area (Å²) < 4.78 is 5.70. The number of ether oxygens (including phenoxy) is 1. The second-order valence-electron chi connectivity index (χ2n) is 8.31. The van der Waals surface area contributed by atoms with E-state index in [2.05, 4.69) is 5.32 Å². The number of likely N-dealkylation sites (tertiary alicyclic amines) is 1. The van der Waals surface area contributed by atoms with E-state index in [9.17, 15) is 9.59 Å². The molecule has 146 valence electrons. The Hall–Kier alpha value is -2.08. The maximum atomic E-state index is 12.7. The molecule has 3 aliphatic rings. The smallest absolute Gasteiger partial charge is 0.317 e. The molecule has 1 saturated carbocycles. The lowest BCUT2D eigenvalue weighted by Crippen LogP contribution is -2.48. The summed E-state index contributed by atoms with van der Waals surface area (Å²) in [6.45, 7) is 6.63. The lowest BCUT2D eigenvalue weighted by molar-refractivity contribution is -0.0586. The van der Waals surface area contributed by atoms with Crippen LogP contribution >= 0.6 is 0 Å². The molecule has 3 amide bonds. The van der Waals surface area contributed by atoms with Crippen molar-refractivity contribution in [2.45, 2.75) is 57.9 Å². The van der Waals surface area contributed by atoms with Gasteiger partial charge in [-0.2, -0.15) is 0 Å². The predicted molar refractivity (Wildman–Crippen MR) is 102 cm³/mol. The molecule has 0 spiro atoms. The molecule has 4 atom stereocenters. The van der Waals surface area contributed by atoms with Crippen molar-refractivity contribution in [1.82, 2.24) is 15.1 Å². The maximum Gasteiger partial charge on any atom is 0.317 e. The van der Waals surface area contributed by atoms with Crippen LogP contribution < -0.4 is 5.32 Å². The number of rotatable bonds is 3. The van der Waals surface area contributed by atoms with Crippen molar-refractivity contribution in [1.29, 1.82) is 0 Å². The third-order valence-corrected chi connectivity index (χ3v) is 6.02. The fourth-order valence-corrected chi connectivity index (χ4v) is 4.74. The molecule has 2 bridgehead atoms. The SMILES string of the molecule is CC1CN(C(=O)c2ccc(CNC(=O)N3CC4CCC3C4)cc2)CC(C)O1. The van der Waals surface area contributed by atoms with Crippen molar-refractivity contribution in [3.63, 3.8) is 0 Å². The Morgan fingerprint density at radius 2 is 1.78 bits per heavy atom. The van der Waals surface area contributed by atoms with Gasteiger partial charge in [0.25, 0.3) is 5.91 Å². The van der Waals surface area contributed by atoms with E-state index in [1.807, 2.05) is 47.9 Å². The van der Waals surface area contributed by atoms with E-state index < -0.39 is 0 Å². The second-order valence-corrected chi connectivity index (χ2v) is 8.31. The third-order valence-electron chi connectivity index (χ3n) is 6.02. The molecule has 4 rings (SSSR count). The van der Waals surface area contributed by atoms with Gasteiger partial charge < -0.3 is 19.9 Å². The molecular weight excluding hydrogens is 342 g/mol. The molecule has 3 fully saturated rings. The molecule has 2 heterocycles. The number of morpholine rings is 1. The van der Waals surface area contributed by atoms with Gasteiger partial charge in [-0.1, -0.05) is 12.1 Å². The minimum Gasteiger partial charge on any atom is -0.372 e. The van der Waals surface area contributed by atoms with Crippen LogP contribution in [0, 0.1) is 5.92 Å². The van der Waals surface area contributed by atoms with Crippen molar-refractivity contribution in [2.24, 2.45) is 5.92 Å². The average Bonchev–Trinajstić information content (AvgIpc) is 3.29. The van der Waals surface area contributed by atoms with Gasteiger partial charge in [0.1, 0.15) is 0 Å². The third kappa shape index (κ3) is 3.95. The van der Waals surface area contributed by atoms with Crippen LogP contribution in [0.15, 0.2) is 24.3 Å². The number of amides is 3. The van der Waals surface area contributed by atoms with Gasteiger partial charge in [-0.3, -0.25) is 4.79 Å². The monoisotopic (exact) mass is 371 g/mol. The standard InChI is InChI=1S/C21H29N3O3/c1-14-11-23(12-15(2)27-14)20(25)18-6-3-16(4-7-18)10-22-21(26)24-13-17-5-8-19(24)9-17/h3-4,6-7,14-15,17,19H,5,8-13H2,1-2H3,(H,22,26). The topological polar surface area (TPSA) is 61.9 Å². The average molecular weight is 371 g/mol. The summed E-state index contributed by atoms with van der Waals surface area (Å²) in [6.07, 6.45) is 3.71. The number of carbonyl (C=O) groups excluding carboxylic acids is 2. The van der Waals surface area contributed by atoms with Crippen LogP contribution in [-0.2, 0) is 11.3 Å². The highest BCUT2D eigenvalue weighted by Gasteiger charge is 2.40. The predicted octanol–water partition coefficient (Wildman–Crippen LogP) is 2.63. The lowest BCUT2D eigenvalue weighted by atomic mass is 10.1. The molecule has 1 aliphatic carbocycles. The number of hydrogen-bond donors (Lipinski definition) is 1. The largest absolute Gasteiger partial charge is 0.372 e. The molecule has 2 saturated heterocycles. The Morgan fingerprint density at radius 3 is 2.37 bits per heavy atom. The summed E-state index contributed by atoms with van der Waals surface area (Å²) in [7, 11) is 0. The summed E-state index contributed by atoms with van der Waals surface area (Å²) in [5.41, 5.74) is 1.69. The number of carbonyl (C=O) groups is 2. The van der Waals surface area contributed by atoms with E-state index in [0.717, 1.165) is 18.5 Å². The van der Waals surface area contributed by atoms with Gasteiger partial charge in [0.15, 0.2) is 0 Å². The highest BCUT2D eigenvalue weighted by Crippen LogP contribution is 2.37. The molecule has 1 N–H and O–H groups in total. The minimum atomic E-state index is 0.0404. The van der Waals surface area contributed by atoms with Crippen LogP contribution in [0.4, 0.5) is 4.79 Å². The van der Waals surface area contributed by atoms with Gasteiger partial charge >= 0.3 is 6.03 Å². The van der Waals surface area contributed by atoms with Crippen LogP contribution in [0.2, 0.25) is 0 Å². The number of nitrogens with zero attached hydrogens (tertiary/aromatic N) is 2. The van der Waals surface area contributed by atoms with E-state index >= 15 is 0 Å². The minimum absolute atomic E-state index is 0.0404. The van der Waals surface area contributed by atoms with Gasteiger partial charge in [-0.15, -0.1) is 0 Å². The normalized spacial score (nSPS) is 29.9. The summed E-state index contributed by atoms with van der Waals surface area (Å²) in [4.78, 5) is 29.0. The zero-order valence-corrected chi connectivity index (χ0v) is 16.2. The Balaban J connectivity index is 1.31. The summed E-state index contributed by atoms with van der Waals surface area (Å²) >= 11 is 0. The van der Waals surface area contributed by atoms with Crippen LogP contribution in [-0.4, -0.2) is 59.6 Å². The number of fused-ring (bicyclic) bond motifs is 2. The fourth-order valence-electron chi connectivity index (χ4n) is 4.74. The molecule has 0 aromatic heterocycles. The van der Waals surface area contributed by atoms with Crippen molar-refractivity contribution >= 4 is 11.9 Å². The Kier molecular flexibility index (Phi) is 5.08. The van der Waals surface area contributed by atoms with Crippen molar-refractivity contribution in [2.75, 3.05) is 19.6 Å². The van der Waals surface area contributed by atoms with E-state index in [1.54, 1.807) is 0 Å². The van der Waals surface area contributed by atoms with Crippen LogP contribution in [0.3, 0.4) is 0 Å². The Morgan fingerprint density at radius 1 is 1.07 bits per heavy atom. The van der Waals surface area contributed by atoms with Gasteiger partial charge in [0.2, 0.25) is 0 Å². The fraction of sp³-hybridized carbons (Fsp3) is 0.619. The first kappa shape index (κ1) is 18.3. The molecule has 4 unspecified atom stereocenters. The Bertz CT molecular complexity index is 695. The van der Waals surface area contributed by atoms with Gasteiger partial charge in [-0.25, -0.2) is 4.79 Å². The molecule has 27 heavy (non-hydrogen) atoms. The quantitative estimate of drug-likeness (QED) is 0.888. The van der Waals surface area contributed by atoms with Crippen LogP contribution in [0.1, 0.15) is 49.0 Å². The number of hydrogen-bond acceptors (Lipinski definition) is 3. The first-order chi connectivity index (χ1) is 13.0. The Labute approximate surface area is 160 Å². The van der Waals surface area contributed by atoms with Crippen molar-refractivity contribution in [3.05, 3.63) is 35.4 Å². The van der Waals surface area contributed by atoms with Gasteiger partial charge in [0.05, 0.1) is 12.2 Å². The molecule has 0 radical (unpaired) electrons. The van der Waals surface area contributed by atoms with Gasteiger partial charge in [-0.05, 0) is 56.7 Å². The van der Waals surface area contributed by atoms with E-state index in [0.29, 0.717) is 37.2 Å². The zero-order chi connectivity index (χ0) is 19.0. The molecular formula is C21H29N3O3. The number of nitrogens with one attached hydrogen (secondary N) is 1. The summed E-state index contributed by atoms with van der Waals surface area (Å²) in [5, 5.41) is 3.02. The summed E-state index contributed by atoms with van der Waals surface area (Å²) in [5.74, 6) is 0.748. The van der Waals surface area contributed by atoms with Gasteiger partial charge in [0, 0.05) is 37.8 Å². The van der Waals surface area contributed by atoms with E-state index in [-0.39, 0.29) is 24.1 Å². The maximum absolute atomic E-state index is 12.7. The first-order valence-corrected chi connectivity index (χ1v) is 10.1. The number of piperidine rings is 1. The molecule has 1 aromatic rings. The van der Waals surface area contributed by atoms with E-state index in [1.165, 1.54) is 12.8 Å². The van der Waals surface area contributed by atoms with Crippen molar-refractivity contribution in [3.8, 4) is 0 Å². The molecule has 6 nitrogen and oxygen atoms in total. The van der Waals surface area contributed by atoms with Crippen molar-refractivity contribution < 1.29 is 14.3 Å². The second kappa shape index (κ2) is 7.50. The number of benzene rings is 1. The highest BCUT2D eigenvalue weighted by atomic mass is 16.5. The van der Waals surface area contributed by atoms with Crippen LogP contribution in [0.5, 0.6) is 0 Å². The van der Waals surface area contributed by atoms with E-state index in [4.69, 9.17) is 4.74 Å².